The van der Waals surface area contributed by atoms with Crippen molar-refractivity contribution in [1.82, 2.24) is 9.88 Å². The number of aromatic nitrogens is 1. The fraction of sp³-hybridized carbons (Fsp3) is 0.375. The van der Waals surface area contributed by atoms with Crippen LogP contribution in [0.3, 0.4) is 0 Å². The van der Waals surface area contributed by atoms with Crippen LogP contribution in [0.4, 0.5) is 0 Å². The predicted octanol–water partition coefficient (Wildman–Crippen LogP) is 2.56. The van der Waals surface area contributed by atoms with Gasteiger partial charge in [0.25, 0.3) is 0 Å². The van der Waals surface area contributed by atoms with Gasteiger partial charge in [0.15, 0.2) is 0 Å². The average molecular weight is 286 g/mol. The second-order valence-electron chi connectivity index (χ2n) is 5.36. The first-order chi connectivity index (χ1) is 9.78. The monoisotopic (exact) mass is 286 g/mol. The van der Waals surface area contributed by atoms with Crippen LogP contribution < -0.4 is 0 Å². The number of hydrogen-bond acceptors (Lipinski definition) is 3. The highest BCUT2D eigenvalue weighted by molar-refractivity contribution is 7.80. The lowest BCUT2D eigenvalue weighted by atomic mass is 10.0. The number of fused-ring (bicyclic) bond motifs is 1. The van der Waals surface area contributed by atoms with E-state index in [1.54, 1.807) is 0 Å². The van der Waals surface area contributed by atoms with Crippen LogP contribution in [0, 0.1) is 5.92 Å². The molecule has 1 fully saturated rings. The van der Waals surface area contributed by atoms with Crippen molar-refractivity contribution in [3.8, 4) is 0 Å². The maximum Gasteiger partial charge on any atom is 0.222 e. The Morgan fingerprint density at radius 3 is 3.05 bits per heavy atom. The molecule has 1 atom stereocenters. The van der Waals surface area contributed by atoms with E-state index in [-0.39, 0.29) is 5.91 Å². The number of amides is 1. The fourth-order valence-electron chi connectivity index (χ4n) is 2.86. The number of thiol groups is 1. The molecule has 2 aromatic rings. The molecular formula is C16H18N2OS. The third kappa shape index (κ3) is 2.66. The molecular weight excluding hydrogens is 268 g/mol. The van der Waals surface area contributed by atoms with Gasteiger partial charge in [0, 0.05) is 37.3 Å². The fourth-order valence-corrected chi connectivity index (χ4v) is 3.10. The first-order valence-electron chi connectivity index (χ1n) is 6.98. The Hall–Kier alpha value is -1.55. The number of carbonyl (C=O) groups is 1. The minimum atomic E-state index is 0.269. The number of benzene rings is 1. The highest BCUT2D eigenvalue weighted by Gasteiger charge is 2.28. The van der Waals surface area contributed by atoms with Gasteiger partial charge in [0.2, 0.25) is 5.91 Å². The standard InChI is InChI=1S/C16H18N2OS/c19-16-8-12(11-20)10-18(16)7-5-13-2-1-3-14-9-17-6-4-15(13)14/h1-4,6,9,12,20H,5,7-8,10-11H2. The quantitative estimate of drug-likeness (QED) is 0.876. The molecule has 104 valence electrons. The summed E-state index contributed by atoms with van der Waals surface area (Å²) in [6.45, 7) is 1.65. The smallest absolute Gasteiger partial charge is 0.222 e. The van der Waals surface area contributed by atoms with E-state index < -0.39 is 0 Å². The van der Waals surface area contributed by atoms with Gasteiger partial charge < -0.3 is 4.90 Å². The van der Waals surface area contributed by atoms with Gasteiger partial charge in [-0.05, 0) is 35.1 Å². The summed E-state index contributed by atoms with van der Waals surface area (Å²) in [6, 6.07) is 8.32. The van der Waals surface area contributed by atoms with E-state index in [1.165, 1.54) is 10.9 Å². The number of pyridine rings is 1. The molecule has 2 heterocycles. The summed E-state index contributed by atoms with van der Waals surface area (Å²) in [6.07, 6.45) is 5.26. The Bertz CT molecular complexity index is 623. The largest absolute Gasteiger partial charge is 0.342 e. The average Bonchev–Trinajstić information content (AvgIpc) is 2.85. The zero-order valence-electron chi connectivity index (χ0n) is 11.3. The van der Waals surface area contributed by atoms with Crippen molar-refractivity contribution >= 4 is 29.3 Å². The highest BCUT2D eigenvalue weighted by atomic mass is 32.1. The summed E-state index contributed by atoms with van der Waals surface area (Å²) < 4.78 is 0. The number of rotatable bonds is 4. The van der Waals surface area contributed by atoms with Crippen molar-refractivity contribution in [1.29, 1.82) is 0 Å². The topological polar surface area (TPSA) is 33.2 Å². The van der Waals surface area contributed by atoms with Crippen molar-refractivity contribution in [2.45, 2.75) is 12.8 Å². The van der Waals surface area contributed by atoms with Crippen LogP contribution in [0.15, 0.2) is 36.7 Å². The molecule has 1 aromatic carbocycles. The van der Waals surface area contributed by atoms with Crippen LogP contribution >= 0.6 is 12.6 Å². The molecule has 1 aliphatic rings. The second-order valence-corrected chi connectivity index (χ2v) is 5.72. The van der Waals surface area contributed by atoms with Crippen LogP contribution in [-0.2, 0) is 11.2 Å². The van der Waals surface area contributed by atoms with Crippen molar-refractivity contribution in [3.05, 3.63) is 42.2 Å². The first kappa shape index (κ1) is 13.4. The van der Waals surface area contributed by atoms with Gasteiger partial charge >= 0.3 is 0 Å². The number of nitrogens with zero attached hydrogens (tertiary/aromatic N) is 2. The zero-order valence-corrected chi connectivity index (χ0v) is 12.2. The molecule has 1 amide bonds. The molecule has 1 saturated heterocycles. The van der Waals surface area contributed by atoms with Crippen LogP contribution in [0.2, 0.25) is 0 Å². The normalized spacial score (nSPS) is 18.9. The second kappa shape index (κ2) is 5.83. The van der Waals surface area contributed by atoms with E-state index in [2.05, 4.69) is 35.8 Å². The van der Waals surface area contributed by atoms with E-state index >= 15 is 0 Å². The van der Waals surface area contributed by atoms with Gasteiger partial charge in [-0.3, -0.25) is 9.78 Å². The molecule has 1 unspecified atom stereocenters. The number of hydrogen-bond donors (Lipinski definition) is 1. The summed E-state index contributed by atoms with van der Waals surface area (Å²) in [7, 11) is 0. The van der Waals surface area contributed by atoms with E-state index in [0.717, 1.165) is 30.6 Å². The third-order valence-electron chi connectivity index (χ3n) is 3.97. The molecule has 3 rings (SSSR count). The third-order valence-corrected chi connectivity index (χ3v) is 4.49. The first-order valence-corrected chi connectivity index (χ1v) is 7.61. The lowest BCUT2D eigenvalue weighted by molar-refractivity contribution is -0.127. The van der Waals surface area contributed by atoms with Crippen LogP contribution in [0.5, 0.6) is 0 Å². The minimum Gasteiger partial charge on any atom is -0.342 e. The molecule has 0 bridgehead atoms. The van der Waals surface area contributed by atoms with E-state index in [0.29, 0.717) is 12.3 Å². The summed E-state index contributed by atoms with van der Waals surface area (Å²) >= 11 is 4.30. The van der Waals surface area contributed by atoms with Crippen molar-refractivity contribution < 1.29 is 4.79 Å². The summed E-state index contributed by atoms with van der Waals surface area (Å²) in [5, 5.41) is 2.39. The van der Waals surface area contributed by atoms with Gasteiger partial charge in [0.1, 0.15) is 0 Å². The minimum absolute atomic E-state index is 0.269. The van der Waals surface area contributed by atoms with Crippen molar-refractivity contribution in [3.63, 3.8) is 0 Å². The van der Waals surface area contributed by atoms with Gasteiger partial charge in [-0.15, -0.1) is 0 Å². The van der Waals surface area contributed by atoms with Gasteiger partial charge in [-0.25, -0.2) is 0 Å². The van der Waals surface area contributed by atoms with Crippen LogP contribution in [-0.4, -0.2) is 34.6 Å². The van der Waals surface area contributed by atoms with E-state index in [1.807, 2.05) is 23.4 Å². The molecule has 0 spiro atoms. The highest BCUT2D eigenvalue weighted by Crippen LogP contribution is 2.21. The molecule has 0 N–H and O–H groups in total. The zero-order chi connectivity index (χ0) is 13.9. The van der Waals surface area contributed by atoms with E-state index in [9.17, 15) is 4.79 Å². The Balaban J connectivity index is 1.73. The lowest BCUT2D eigenvalue weighted by Gasteiger charge is -2.17. The Morgan fingerprint density at radius 1 is 1.35 bits per heavy atom. The number of likely N-dealkylation sites (tertiary alicyclic amines) is 1. The van der Waals surface area contributed by atoms with Crippen molar-refractivity contribution in [2.24, 2.45) is 5.92 Å². The van der Waals surface area contributed by atoms with Gasteiger partial charge in [-0.1, -0.05) is 18.2 Å². The molecule has 1 aliphatic heterocycles. The molecule has 3 nitrogen and oxygen atoms in total. The van der Waals surface area contributed by atoms with Crippen LogP contribution in [0.25, 0.3) is 10.8 Å². The summed E-state index contributed by atoms with van der Waals surface area (Å²) in [4.78, 5) is 18.0. The Kier molecular flexibility index (Phi) is 3.92. The van der Waals surface area contributed by atoms with Gasteiger partial charge in [-0.2, -0.15) is 12.6 Å². The Morgan fingerprint density at radius 2 is 2.25 bits per heavy atom. The molecule has 20 heavy (non-hydrogen) atoms. The SMILES string of the molecule is O=C1CC(CS)CN1CCc1cccc2cnccc12. The van der Waals surface area contributed by atoms with E-state index in [4.69, 9.17) is 0 Å². The summed E-state index contributed by atoms with van der Waals surface area (Å²) in [5.74, 6) is 1.48. The maximum absolute atomic E-state index is 11.9. The Labute approximate surface area is 124 Å². The number of carbonyl (C=O) groups excluding carboxylic acids is 1. The molecule has 0 saturated carbocycles. The lowest BCUT2D eigenvalue weighted by Crippen LogP contribution is -2.27. The molecule has 1 aromatic heterocycles. The molecule has 0 radical (unpaired) electrons. The molecule has 4 heteroatoms. The van der Waals surface area contributed by atoms with Gasteiger partial charge in [0.05, 0.1) is 0 Å². The summed E-state index contributed by atoms with van der Waals surface area (Å²) in [5.41, 5.74) is 1.28. The molecule has 0 aliphatic carbocycles. The van der Waals surface area contributed by atoms with Crippen molar-refractivity contribution in [2.75, 3.05) is 18.8 Å². The van der Waals surface area contributed by atoms with Crippen LogP contribution in [0.1, 0.15) is 12.0 Å². The maximum atomic E-state index is 11.9. The predicted molar refractivity (Wildman–Crippen MR) is 84.0 cm³/mol.